The summed E-state index contributed by atoms with van der Waals surface area (Å²) < 4.78 is 0. The fourth-order valence-electron chi connectivity index (χ4n) is 1.91. The molecular weight excluding hydrogens is 226 g/mol. The molecule has 1 aliphatic heterocycles. The highest BCUT2D eigenvalue weighted by molar-refractivity contribution is 5.36. The number of nitrogens with zero attached hydrogens (tertiary/aromatic N) is 1. The predicted molar refractivity (Wildman–Crippen MR) is 72.2 cm³/mol. The van der Waals surface area contributed by atoms with Gasteiger partial charge in [-0.1, -0.05) is 12.2 Å². The largest absolute Gasteiger partial charge is 0.508 e. The lowest BCUT2D eigenvalue weighted by atomic mass is 10.1. The van der Waals surface area contributed by atoms with Crippen molar-refractivity contribution >= 4 is 0 Å². The van der Waals surface area contributed by atoms with Crippen molar-refractivity contribution in [2.75, 3.05) is 6.54 Å². The summed E-state index contributed by atoms with van der Waals surface area (Å²) in [5, 5.41) is 18.8. The maximum Gasteiger partial charge on any atom is 0.119 e. The molecule has 18 heavy (non-hydrogen) atoms. The van der Waals surface area contributed by atoms with Gasteiger partial charge in [0.15, 0.2) is 0 Å². The lowest BCUT2D eigenvalue weighted by Gasteiger charge is -2.14. The lowest BCUT2D eigenvalue weighted by Crippen LogP contribution is -2.11. The Morgan fingerprint density at radius 2 is 1.44 bits per heavy atom. The maximum absolute atomic E-state index is 9.38. The molecule has 94 valence electrons. The zero-order valence-electron chi connectivity index (χ0n) is 10.2. The Labute approximate surface area is 107 Å². The van der Waals surface area contributed by atoms with Crippen molar-refractivity contribution in [1.82, 2.24) is 4.90 Å². The SMILES string of the molecule is Oc1cc(O)cc(CCCN2C=CC=CC=C2)c1. The standard InChI is InChI=1S/C15H17NO2/c17-14-10-13(11-15(18)12-14)6-5-9-16-7-3-1-2-4-8-16/h1-4,7-8,10-12,17-18H,5-6,9H2. The molecule has 1 heterocycles. The second-order valence-electron chi connectivity index (χ2n) is 4.27. The van der Waals surface area contributed by atoms with Crippen LogP contribution in [0.5, 0.6) is 11.5 Å². The molecule has 0 fully saturated rings. The van der Waals surface area contributed by atoms with Gasteiger partial charge in [-0.05, 0) is 42.7 Å². The minimum absolute atomic E-state index is 0.115. The smallest absolute Gasteiger partial charge is 0.119 e. The predicted octanol–water partition coefficient (Wildman–Crippen LogP) is 2.93. The van der Waals surface area contributed by atoms with E-state index in [1.807, 2.05) is 36.7 Å². The van der Waals surface area contributed by atoms with Gasteiger partial charge < -0.3 is 15.1 Å². The first-order valence-corrected chi connectivity index (χ1v) is 6.03. The average Bonchev–Trinajstić information content (AvgIpc) is 2.56. The van der Waals surface area contributed by atoms with E-state index in [0.29, 0.717) is 0 Å². The van der Waals surface area contributed by atoms with Crippen LogP contribution in [0.1, 0.15) is 12.0 Å². The highest BCUT2D eigenvalue weighted by Gasteiger charge is 2.01. The van der Waals surface area contributed by atoms with Gasteiger partial charge in [0, 0.05) is 25.0 Å². The van der Waals surface area contributed by atoms with E-state index in [1.54, 1.807) is 12.1 Å². The number of allylic oxidation sites excluding steroid dienone is 4. The van der Waals surface area contributed by atoms with E-state index in [-0.39, 0.29) is 11.5 Å². The summed E-state index contributed by atoms with van der Waals surface area (Å²) in [6.45, 7) is 0.908. The van der Waals surface area contributed by atoms with Gasteiger partial charge in [0.25, 0.3) is 0 Å². The fourth-order valence-corrected chi connectivity index (χ4v) is 1.91. The molecule has 0 aliphatic carbocycles. The van der Waals surface area contributed by atoms with Crippen LogP contribution in [0.15, 0.2) is 54.9 Å². The topological polar surface area (TPSA) is 43.7 Å². The van der Waals surface area contributed by atoms with Crippen LogP contribution >= 0.6 is 0 Å². The Balaban J connectivity index is 1.85. The van der Waals surface area contributed by atoms with Gasteiger partial charge in [-0.2, -0.15) is 0 Å². The molecule has 1 aromatic carbocycles. The van der Waals surface area contributed by atoms with Gasteiger partial charge in [-0.3, -0.25) is 0 Å². The van der Waals surface area contributed by atoms with Gasteiger partial charge >= 0.3 is 0 Å². The summed E-state index contributed by atoms with van der Waals surface area (Å²) in [6, 6.07) is 4.72. The van der Waals surface area contributed by atoms with E-state index in [4.69, 9.17) is 0 Å². The van der Waals surface area contributed by atoms with Crippen molar-refractivity contribution in [3.63, 3.8) is 0 Å². The molecule has 1 aromatic rings. The second-order valence-corrected chi connectivity index (χ2v) is 4.27. The molecule has 0 bridgehead atoms. The van der Waals surface area contributed by atoms with Gasteiger partial charge in [-0.15, -0.1) is 0 Å². The van der Waals surface area contributed by atoms with E-state index < -0.39 is 0 Å². The van der Waals surface area contributed by atoms with E-state index in [0.717, 1.165) is 24.9 Å². The van der Waals surface area contributed by atoms with Crippen LogP contribution in [0.4, 0.5) is 0 Å². The van der Waals surface area contributed by atoms with Crippen molar-refractivity contribution in [3.05, 3.63) is 60.5 Å². The molecule has 0 unspecified atom stereocenters. The molecule has 3 heteroatoms. The zero-order chi connectivity index (χ0) is 12.8. The zero-order valence-corrected chi connectivity index (χ0v) is 10.2. The molecule has 0 aromatic heterocycles. The van der Waals surface area contributed by atoms with Crippen molar-refractivity contribution in [1.29, 1.82) is 0 Å². The quantitative estimate of drug-likeness (QED) is 0.854. The summed E-state index contributed by atoms with van der Waals surface area (Å²) in [4.78, 5) is 2.11. The molecule has 0 saturated carbocycles. The molecule has 0 radical (unpaired) electrons. The Kier molecular flexibility index (Phi) is 4.07. The number of phenols is 2. The number of benzene rings is 1. The maximum atomic E-state index is 9.38. The molecule has 2 N–H and O–H groups in total. The number of phenolic OH excluding ortho intramolecular Hbond substituents is 2. The van der Waals surface area contributed by atoms with Crippen LogP contribution in [0, 0.1) is 0 Å². The lowest BCUT2D eigenvalue weighted by molar-refractivity contribution is 0.447. The summed E-state index contributed by atoms with van der Waals surface area (Å²) in [6.07, 6.45) is 13.8. The van der Waals surface area contributed by atoms with Crippen molar-refractivity contribution in [2.45, 2.75) is 12.8 Å². The van der Waals surface area contributed by atoms with Crippen LogP contribution in [0.25, 0.3) is 0 Å². The normalized spacial score (nSPS) is 13.9. The number of rotatable bonds is 4. The van der Waals surface area contributed by atoms with Gasteiger partial charge in [0.05, 0.1) is 0 Å². The van der Waals surface area contributed by atoms with Crippen molar-refractivity contribution in [2.24, 2.45) is 0 Å². The first kappa shape index (κ1) is 12.3. The summed E-state index contributed by atoms with van der Waals surface area (Å²) >= 11 is 0. The summed E-state index contributed by atoms with van der Waals surface area (Å²) in [5.74, 6) is 0.229. The Hall–Kier alpha value is -2.16. The third-order valence-electron chi connectivity index (χ3n) is 2.73. The van der Waals surface area contributed by atoms with Crippen LogP contribution < -0.4 is 0 Å². The third-order valence-corrected chi connectivity index (χ3v) is 2.73. The molecule has 0 atom stereocenters. The van der Waals surface area contributed by atoms with Gasteiger partial charge in [-0.25, -0.2) is 0 Å². The van der Waals surface area contributed by atoms with E-state index in [9.17, 15) is 10.2 Å². The molecule has 0 saturated heterocycles. The van der Waals surface area contributed by atoms with Gasteiger partial charge in [0.1, 0.15) is 11.5 Å². The molecule has 0 spiro atoms. The van der Waals surface area contributed by atoms with Crippen LogP contribution in [0.2, 0.25) is 0 Å². The minimum atomic E-state index is 0.115. The number of aryl methyl sites for hydroxylation is 1. The number of hydrogen-bond acceptors (Lipinski definition) is 3. The van der Waals surface area contributed by atoms with Crippen molar-refractivity contribution < 1.29 is 10.2 Å². The second kappa shape index (κ2) is 5.96. The summed E-state index contributed by atoms with van der Waals surface area (Å²) in [5.41, 5.74) is 0.952. The van der Waals surface area contributed by atoms with E-state index in [2.05, 4.69) is 4.90 Å². The van der Waals surface area contributed by atoms with Crippen LogP contribution in [0.3, 0.4) is 0 Å². The molecule has 1 aliphatic rings. The summed E-state index contributed by atoms with van der Waals surface area (Å²) in [7, 11) is 0. The Morgan fingerprint density at radius 3 is 2.06 bits per heavy atom. The number of hydrogen-bond donors (Lipinski definition) is 2. The number of aromatic hydroxyl groups is 2. The highest BCUT2D eigenvalue weighted by Crippen LogP contribution is 2.21. The first-order chi connectivity index (χ1) is 8.74. The van der Waals surface area contributed by atoms with Gasteiger partial charge in [0.2, 0.25) is 0 Å². The van der Waals surface area contributed by atoms with E-state index >= 15 is 0 Å². The third kappa shape index (κ3) is 3.70. The monoisotopic (exact) mass is 243 g/mol. The molecular formula is C15H17NO2. The van der Waals surface area contributed by atoms with Crippen molar-refractivity contribution in [3.8, 4) is 11.5 Å². The Bertz CT molecular complexity index is 453. The fraction of sp³-hybridized carbons (Fsp3) is 0.200. The molecule has 3 nitrogen and oxygen atoms in total. The molecule has 2 rings (SSSR count). The average molecular weight is 243 g/mol. The molecule has 0 amide bonds. The Morgan fingerprint density at radius 1 is 0.833 bits per heavy atom. The minimum Gasteiger partial charge on any atom is -0.508 e. The van der Waals surface area contributed by atoms with Crippen LogP contribution in [-0.4, -0.2) is 21.7 Å². The van der Waals surface area contributed by atoms with E-state index in [1.165, 1.54) is 6.07 Å². The highest BCUT2D eigenvalue weighted by atomic mass is 16.3. The van der Waals surface area contributed by atoms with Crippen LogP contribution in [-0.2, 0) is 6.42 Å². The first-order valence-electron chi connectivity index (χ1n) is 6.03.